The van der Waals surface area contributed by atoms with Gasteiger partial charge in [0.15, 0.2) is 0 Å². The van der Waals surface area contributed by atoms with Crippen molar-refractivity contribution < 1.29 is 24.2 Å². The van der Waals surface area contributed by atoms with Crippen molar-refractivity contribution in [2.45, 2.75) is 39.2 Å². The maximum atomic E-state index is 13.6. The SMILES string of the molecule is COc1cc(C(=O)N(CCCc2ccccc2)Cc2ccc(CCC(=O)O)cc2)cc(OC)c1C. The Morgan fingerprint density at radius 2 is 1.40 bits per heavy atom. The van der Waals surface area contributed by atoms with Crippen LogP contribution in [0.2, 0.25) is 0 Å². The Bertz CT molecular complexity index is 1100. The molecule has 3 rings (SSSR count). The molecule has 184 valence electrons. The molecule has 0 fully saturated rings. The number of ether oxygens (including phenoxy) is 2. The van der Waals surface area contributed by atoms with Gasteiger partial charge < -0.3 is 19.5 Å². The predicted molar refractivity (Wildman–Crippen MR) is 136 cm³/mol. The van der Waals surface area contributed by atoms with Gasteiger partial charge in [0, 0.05) is 30.6 Å². The molecule has 0 saturated carbocycles. The minimum atomic E-state index is -0.812. The van der Waals surface area contributed by atoms with Gasteiger partial charge in [0.2, 0.25) is 0 Å². The van der Waals surface area contributed by atoms with E-state index in [0.29, 0.717) is 36.6 Å². The van der Waals surface area contributed by atoms with E-state index in [9.17, 15) is 9.59 Å². The lowest BCUT2D eigenvalue weighted by Crippen LogP contribution is -2.32. The molecule has 3 aromatic carbocycles. The first-order chi connectivity index (χ1) is 16.9. The minimum Gasteiger partial charge on any atom is -0.496 e. The highest BCUT2D eigenvalue weighted by Gasteiger charge is 2.20. The maximum absolute atomic E-state index is 13.6. The summed E-state index contributed by atoms with van der Waals surface area (Å²) in [7, 11) is 3.17. The second-order valence-electron chi connectivity index (χ2n) is 8.53. The van der Waals surface area contributed by atoms with E-state index in [-0.39, 0.29) is 12.3 Å². The molecule has 0 aliphatic heterocycles. The van der Waals surface area contributed by atoms with Crippen LogP contribution in [0, 0.1) is 6.92 Å². The number of benzene rings is 3. The Hall–Kier alpha value is -3.80. The molecule has 6 nitrogen and oxygen atoms in total. The molecular weight excluding hydrogens is 442 g/mol. The third kappa shape index (κ3) is 7.34. The number of aliphatic carboxylic acids is 1. The number of carboxylic acid groups (broad SMARTS) is 1. The zero-order chi connectivity index (χ0) is 25.2. The summed E-state index contributed by atoms with van der Waals surface area (Å²) in [4.78, 5) is 26.3. The van der Waals surface area contributed by atoms with Gasteiger partial charge in [0.1, 0.15) is 11.5 Å². The third-order valence-corrected chi connectivity index (χ3v) is 6.05. The molecule has 0 aliphatic rings. The van der Waals surface area contributed by atoms with Crippen molar-refractivity contribution >= 4 is 11.9 Å². The van der Waals surface area contributed by atoms with E-state index >= 15 is 0 Å². The number of hydrogen-bond donors (Lipinski definition) is 1. The van der Waals surface area contributed by atoms with Crippen LogP contribution < -0.4 is 9.47 Å². The van der Waals surface area contributed by atoms with Crippen LogP contribution in [0.4, 0.5) is 0 Å². The van der Waals surface area contributed by atoms with Gasteiger partial charge in [0.25, 0.3) is 5.91 Å². The highest BCUT2D eigenvalue weighted by molar-refractivity contribution is 5.95. The van der Waals surface area contributed by atoms with Crippen LogP contribution in [0.1, 0.15) is 45.5 Å². The van der Waals surface area contributed by atoms with E-state index in [2.05, 4.69) is 12.1 Å². The summed E-state index contributed by atoms with van der Waals surface area (Å²) in [5, 5.41) is 8.91. The second kappa shape index (κ2) is 12.6. The van der Waals surface area contributed by atoms with Crippen molar-refractivity contribution in [1.29, 1.82) is 0 Å². The molecule has 0 aliphatic carbocycles. The van der Waals surface area contributed by atoms with Crippen molar-refractivity contribution in [2.24, 2.45) is 0 Å². The minimum absolute atomic E-state index is 0.0929. The van der Waals surface area contributed by atoms with Crippen LogP contribution >= 0.6 is 0 Å². The average Bonchev–Trinajstić information content (AvgIpc) is 2.88. The predicted octanol–water partition coefficient (Wildman–Crippen LogP) is 5.30. The molecule has 0 bridgehead atoms. The van der Waals surface area contributed by atoms with Crippen LogP contribution in [0.5, 0.6) is 11.5 Å². The second-order valence-corrected chi connectivity index (χ2v) is 8.53. The molecule has 0 unspecified atom stereocenters. The maximum Gasteiger partial charge on any atom is 0.303 e. The summed E-state index contributed by atoms with van der Waals surface area (Å²) < 4.78 is 11.0. The first-order valence-electron chi connectivity index (χ1n) is 11.8. The fourth-order valence-electron chi connectivity index (χ4n) is 4.05. The van der Waals surface area contributed by atoms with Gasteiger partial charge in [-0.05, 0) is 55.0 Å². The number of nitrogens with zero attached hydrogens (tertiary/aromatic N) is 1. The van der Waals surface area contributed by atoms with Crippen molar-refractivity contribution in [2.75, 3.05) is 20.8 Å². The van der Waals surface area contributed by atoms with Gasteiger partial charge >= 0.3 is 5.97 Å². The molecule has 0 radical (unpaired) electrons. The number of methoxy groups -OCH3 is 2. The molecular formula is C29H33NO5. The van der Waals surface area contributed by atoms with Gasteiger partial charge in [-0.2, -0.15) is 0 Å². The summed E-state index contributed by atoms with van der Waals surface area (Å²) in [5.41, 5.74) is 4.55. The fourth-order valence-corrected chi connectivity index (χ4v) is 4.05. The summed E-state index contributed by atoms with van der Waals surface area (Å²) in [6.07, 6.45) is 2.28. The third-order valence-electron chi connectivity index (χ3n) is 6.05. The van der Waals surface area contributed by atoms with E-state index < -0.39 is 5.97 Å². The molecule has 1 amide bonds. The Kier molecular flexibility index (Phi) is 9.30. The number of aryl methyl sites for hydroxylation is 2. The monoisotopic (exact) mass is 475 g/mol. The van der Waals surface area contributed by atoms with Crippen LogP contribution in [0.15, 0.2) is 66.7 Å². The van der Waals surface area contributed by atoms with E-state index in [1.165, 1.54) is 5.56 Å². The van der Waals surface area contributed by atoms with Gasteiger partial charge in [-0.3, -0.25) is 9.59 Å². The zero-order valence-electron chi connectivity index (χ0n) is 20.6. The highest BCUT2D eigenvalue weighted by atomic mass is 16.5. The van der Waals surface area contributed by atoms with Gasteiger partial charge in [-0.15, -0.1) is 0 Å². The molecule has 35 heavy (non-hydrogen) atoms. The smallest absolute Gasteiger partial charge is 0.303 e. The van der Waals surface area contributed by atoms with E-state index in [0.717, 1.165) is 29.5 Å². The Morgan fingerprint density at radius 3 is 1.97 bits per heavy atom. The molecule has 0 heterocycles. The van der Waals surface area contributed by atoms with Crippen molar-refractivity contribution in [3.63, 3.8) is 0 Å². The number of hydrogen-bond acceptors (Lipinski definition) is 4. The quantitative estimate of drug-likeness (QED) is 0.384. The lowest BCUT2D eigenvalue weighted by molar-refractivity contribution is -0.136. The average molecular weight is 476 g/mol. The topological polar surface area (TPSA) is 76.1 Å². The number of carbonyl (C=O) groups excluding carboxylic acids is 1. The van der Waals surface area contributed by atoms with Crippen molar-refractivity contribution in [3.8, 4) is 11.5 Å². The van der Waals surface area contributed by atoms with Crippen LogP contribution in [0.3, 0.4) is 0 Å². The van der Waals surface area contributed by atoms with Crippen LogP contribution in [0.25, 0.3) is 0 Å². The largest absolute Gasteiger partial charge is 0.496 e. The number of carbonyl (C=O) groups is 2. The van der Waals surface area contributed by atoms with Crippen molar-refractivity contribution in [1.82, 2.24) is 4.90 Å². The lowest BCUT2D eigenvalue weighted by Gasteiger charge is -2.24. The van der Waals surface area contributed by atoms with Gasteiger partial charge in [-0.1, -0.05) is 54.6 Å². The van der Waals surface area contributed by atoms with Gasteiger partial charge in [0.05, 0.1) is 14.2 Å². The van der Waals surface area contributed by atoms with Crippen LogP contribution in [-0.4, -0.2) is 42.6 Å². The lowest BCUT2D eigenvalue weighted by atomic mass is 10.0. The molecule has 0 saturated heterocycles. The Labute approximate surface area is 207 Å². The molecule has 0 aromatic heterocycles. The standard InChI is InChI=1S/C29H33NO5/c1-21-26(34-2)18-25(19-27(21)35-3)29(33)30(17-7-10-22-8-5-4-6-9-22)20-24-13-11-23(12-14-24)15-16-28(31)32/h4-6,8-9,11-14,18-19H,7,10,15-17,20H2,1-3H3,(H,31,32). The first kappa shape index (κ1) is 25.8. The van der Waals surface area contributed by atoms with Crippen molar-refractivity contribution in [3.05, 3.63) is 94.5 Å². The summed E-state index contributed by atoms with van der Waals surface area (Å²) in [6, 6.07) is 21.6. The number of amides is 1. The molecule has 0 atom stereocenters. The molecule has 1 N–H and O–H groups in total. The number of rotatable bonds is 12. The molecule has 6 heteroatoms. The first-order valence-corrected chi connectivity index (χ1v) is 11.8. The summed E-state index contributed by atoms with van der Waals surface area (Å²) in [6.45, 7) is 2.94. The van der Waals surface area contributed by atoms with E-state index in [1.54, 1.807) is 26.4 Å². The normalized spacial score (nSPS) is 10.6. The van der Waals surface area contributed by atoms with E-state index in [1.807, 2.05) is 54.3 Å². The van der Waals surface area contributed by atoms with E-state index in [4.69, 9.17) is 14.6 Å². The summed E-state index contributed by atoms with van der Waals surface area (Å²) >= 11 is 0. The summed E-state index contributed by atoms with van der Waals surface area (Å²) in [5.74, 6) is 0.317. The highest BCUT2D eigenvalue weighted by Crippen LogP contribution is 2.30. The fraction of sp³-hybridized carbons (Fsp3) is 0.310. The van der Waals surface area contributed by atoms with Crippen LogP contribution in [-0.2, 0) is 24.2 Å². The Morgan fingerprint density at radius 1 is 0.829 bits per heavy atom. The Balaban J connectivity index is 1.80. The number of carboxylic acids is 1. The van der Waals surface area contributed by atoms with Gasteiger partial charge in [-0.25, -0.2) is 0 Å². The zero-order valence-corrected chi connectivity index (χ0v) is 20.6. The molecule has 3 aromatic rings. The molecule has 0 spiro atoms.